The first-order valence-corrected chi connectivity index (χ1v) is 8.82. The van der Waals surface area contributed by atoms with Gasteiger partial charge in [0.25, 0.3) is 0 Å². The summed E-state index contributed by atoms with van der Waals surface area (Å²) >= 11 is 0. The number of aromatic nitrogens is 3. The van der Waals surface area contributed by atoms with E-state index in [1.54, 1.807) is 23.1 Å². The maximum atomic E-state index is 12.4. The molecule has 2 fully saturated rings. The van der Waals surface area contributed by atoms with Gasteiger partial charge in [0.05, 0.1) is 11.9 Å². The largest absolute Gasteiger partial charge is 0.381 e. The Morgan fingerprint density at radius 2 is 2.08 bits per heavy atom. The molecule has 0 radical (unpaired) electrons. The number of likely N-dealkylation sites (tertiary alicyclic amines) is 1. The molecule has 0 spiro atoms. The number of hydrogen-bond donors (Lipinski definition) is 0. The molecule has 1 aromatic heterocycles. The Hall–Kier alpha value is -2.47. The number of rotatable bonds is 4. The smallest absolute Gasteiger partial charge is 0.246 e. The first-order valence-electron chi connectivity index (χ1n) is 8.82. The van der Waals surface area contributed by atoms with E-state index in [1.165, 1.54) is 0 Å². The maximum absolute atomic E-state index is 12.4. The van der Waals surface area contributed by atoms with Crippen LogP contribution in [-0.2, 0) is 9.53 Å². The van der Waals surface area contributed by atoms with Crippen molar-refractivity contribution in [1.29, 1.82) is 0 Å². The predicted octanol–water partition coefficient (Wildman–Crippen LogP) is 2.17. The van der Waals surface area contributed by atoms with Crippen LogP contribution in [0.5, 0.6) is 0 Å². The third kappa shape index (κ3) is 3.64. The van der Waals surface area contributed by atoms with E-state index in [2.05, 4.69) is 10.2 Å². The molecule has 3 heterocycles. The van der Waals surface area contributed by atoms with E-state index >= 15 is 0 Å². The molecule has 0 saturated carbocycles. The molecule has 2 saturated heterocycles. The minimum atomic E-state index is 0.0516. The van der Waals surface area contributed by atoms with Crippen LogP contribution in [-0.4, -0.2) is 52.1 Å². The Bertz CT molecular complexity index is 750. The van der Waals surface area contributed by atoms with Gasteiger partial charge in [-0.15, -0.1) is 5.10 Å². The average molecular weight is 338 g/mol. The van der Waals surface area contributed by atoms with Crippen molar-refractivity contribution in [2.24, 2.45) is 11.8 Å². The zero-order valence-corrected chi connectivity index (χ0v) is 14.1. The second-order valence-electron chi connectivity index (χ2n) is 6.68. The number of nitrogens with zero attached hydrogens (tertiary/aromatic N) is 4. The van der Waals surface area contributed by atoms with Gasteiger partial charge in [0, 0.05) is 32.4 Å². The molecular formula is C19H22N4O2. The summed E-state index contributed by atoms with van der Waals surface area (Å²) in [4.78, 5) is 15.9. The zero-order chi connectivity index (χ0) is 17.1. The van der Waals surface area contributed by atoms with Crippen LogP contribution in [0.3, 0.4) is 0 Å². The highest BCUT2D eigenvalue weighted by Gasteiger charge is 2.33. The van der Waals surface area contributed by atoms with Gasteiger partial charge in [-0.05, 0) is 42.9 Å². The lowest BCUT2D eigenvalue weighted by molar-refractivity contribution is -0.125. The number of carbonyl (C=O) groups excluding carboxylic acids is 1. The van der Waals surface area contributed by atoms with Crippen LogP contribution in [0.4, 0.5) is 0 Å². The van der Waals surface area contributed by atoms with Crippen molar-refractivity contribution >= 4 is 12.0 Å². The summed E-state index contributed by atoms with van der Waals surface area (Å²) in [6, 6.07) is 9.72. The standard InChI is InChI=1S/C19H22N4O2/c24-19(22-10-8-15(13-22)16-9-11-25-14-16)7-6-17-12-20-23(21-17)18-4-2-1-3-5-18/h1-7,12,15-16H,8-11,13-14H2/b7-6+. The third-order valence-corrected chi connectivity index (χ3v) is 5.06. The highest BCUT2D eigenvalue weighted by atomic mass is 16.5. The molecule has 2 aliphatic rings. The molecule has 1 amide bonds. The molecule has 6 heteroatoms. The molecule has 0 bridgehead atoms. The van der Waals surface area contributed by atoms with Gasteiger partial charge in [0.2, 0.25) is 5.91 Å². The van der Waals surface area contributed by atoms with Gasteiger partial charge in [-0.2, -0.15) is 9.90 Å². The van der Waals surface area contributed by atoms with Crippen molar-refractivity contribution in [3.05, 3.63) is 48.3 Å². The summed E-state index contributed by atoms with van der Waals surface area (Å²) in [7, 11) is 0. The monoisotopic (exact) mass is 338 g/mol. The van der Waals surface area contributed by atoms with E-state index in [4.69, 9.17) is 4.74 Å². The summed E-state index contributed by atoms with van der Waals surface area (Å²) in [5.41, 5.74) is 1.58. The highest BCUT2D eigenvalue weighted by Crippen LogP contribution is 2.30. The quantitative estimate of drug-likeness (QED) is 0.802. The van der Waals surface area contributed by atoms with E-state index in [-0.39, 0.29) is 5.91 Å². The molecule has 0 aliphatic carbocycles. The lowest BCUT2D eigenvalue weighted by atomic mass is 9.91. The molecule has 2 aliphatic heterocycles. The van der Waals surface area contributed by atoms with Gasteiger partial charge in [-0.1, -0.05) is 18.2 Å². The molecule has 130 valence electrons. The van der Waals surface area contributed by atoms with Crippen molar-refractivity contribution < 1.29 is 9.53 Å². The van der Waals surface area contributed by atoms with Crippen molar-refractivity contribution in [2.75, 3.05) is 26.3 Å². The first kappa shape index (κ1) is 16.0. The van der Waals surface area contributed by atoms with Crippen LogP contribution >= 0.6 is 0 Å². The van der Waals surface area contributed by atoms with Gasteiger partial charge in [0.1, 0.15) is 5.69 Å². The Labute approximate surface area is 147 Å². The number of ether oxygens (including phenoxy) is 1. The van der Waals surface area contributed by atoms with Crippen LogP contribution < -0.4 is 0 Å². The molecule has 4 rings (SSSR count). The number of para-hydroxylation sites is 1. The van der Waals surface area contributed by atoms with E-state index in [9.17, 15) is 4.79 Å². The van der Waals surface area contributed by atoms with Gasteiger partial charge < -0.3 is 9.64 Å². The molecule has 2 unspecified atom stereocenters. The predicted molar refractivity (Wildman–Crippen MR) is 94.0 cm³/mol. The fraction of sp³-hybridized carbons (Fsp3) is 0.421. The molecule has 6 nitrogen and oxygen atoms in total. The summed E-state index contributed by atoms with van der Waals surface area (Å²) in [6.45, 7) is 3.40. The molecule has 0 N–H and O–H groups in total. The van der Waals surface area contributed by atoms with Crippen molar-refractivity contribution in [3.63, 3.8) is 0 Å². The second kappa shape index (κ2) is 7.19. The molecular weight excluding hydrogens is 316 g/mol. The topological polar surface area (TPSA) is 60.2 Å². The van der Waals surface area contributed by atoms with Gasteiger partial charge in [0.15, 0.2) is 0 Å². The van der Waals surface area contributed by atoms with Crippen LogP contribution in [0, 0.1) is 11.8 Å². The number of hydrogen-bond acceptors (Lipinski definition) is 4. The molecule has 2 atom stereocenters. The highest BCUT2D eigenvalue weighted by molar-refractivity contribution is 5.91. The average Bonchev–Trinajstić information content (AvgIpc) is 3.41. The summed E-state index contributed by atoms with van der Waals surface area (Å²) in [6.07, 6.45) is 7.22. The van der Waals surface area contributed by atoms with Crippen LogP contribution in [0.1, 0.15) is 18.5 Å². The number of benzene rings is 1. The molecule has 25 heavy (non-hydrogen) atoms. The minimum absolute atomic E-state index is 0.0516. The SMILES string of the molecule is O=C(/C=C/c1cnn(-c2ccccc2)n1)N1CCC(C2CCOC2)C1. The van der Waals surface area contributed by atoms with Crippen molar-refractivity contribution in [2.45, 2.75) is 12.8 Å². The van der Waals surface area contributed by atoms with E-state index in [0.29, 0.717) is 17.5 Å². The Morgan fingerprint density at radius 3 is 2.88 bits per heavy atom. The fourth-order valence-corrected chi connectivity index (χ4v) is 3.60. The van der Waals surface area contributed by atoms with Gasteiger partial charge in [-0.25, -0.2) is 0 Å². The lowest BCUT2D eigenvalue weighted by Gasteiger charge is -2.17. The van der Waals surface area contributed by atoms with Crippen molar-refractivity contribution in [3.8, 4) is 5.69 Å². The second-order valence-corrected chi connectivity index (χ2v) is 6.68. The summed E-state index contributed by atoms with van der Waals surface area (Å²) < 4.78 is 5.47. The normalized spacial score (nSPS) is 23.6. The first-order chi connectivity index (χ1) is 12.3. The molecule has 1 aromatic carbocycles. The Morgan fingerprint density at radius 1 is 1.20 bits per heavy atom. The van der Waals surface area contributed by atoms with Crippen molar-refractivity contribution in [1.82, 2.24) is 19.9 Å². The fourth-order valence-electron chi connectivity index (χ4n) is 3.60. The third-order valence-electron chi connectivity index (χ3n) is 5.06. The van der Waals surface area contributed by atoms with Crippen LogP contribution in [0.25, 0.3) is 11.8 Å². The lowest BCUT2D eigenvalue weighted by Crippen LogP contribution is -2.28. The number of amides is 1. The summed E-state index contributed by atoms with van der Waals surface area (Å²) in [5, 5.41) is 8.63. The number of carbonyl (C=O) groups is 1. The van der Waals surface area contributed by atoms with E-state index < -0.39 is 0 Å². The molecule has 2 aromatic rings. The van der Waals surface area contributed by atoms with Crippen LogP contribution in [0.2, 0.25) is 0 Å². The minimum Gasteiger partial charge on any atom is -0.381 e. The van der Waals surface area contributed by atoms with Gasteiger partial charge >= 0.3 is 0 Å². The Kier molecular flexibility index (Phi) is 4.61. The van der Waals surface area contributed by atoms with E-state index in [1.807, 2.05) is 35.2 Å². The maximum Gasteiger partial charge on any atom is 0.246 e. The van der Waals surface area contributed by atoms with E-state index in [0.717, 1.165) is 44.8 Å². The van der Waals surface area contributed by atoms with Gasteiger partial charge in [-0.3, -0.25) is 4.79 Å². The summed E-state index contributed by atoms with van der Waals surface area (Å²) in [5.74, 6) is 1.25. The zero-order valence-electron chi connectivity index (χ0n) is 14.1. The Balaban J connectivity index is 1.36. The van der Waals surface area contributed by atoms with Crippen LogP contribution in [0.15, 0.2) is 42.6 Å².